The summed E-state index contributed by atoms with van der Waals surface area (Å²) in [5, 5.41) is 18.0. The number of esters is 1. The third-order valence-corrected chi connectivity index (χ3v) is 4.37. The molecule has 10 nitrogen and oxygen atoms in total. The molecule has 2 aromatic carbocycles. The Balaban J connectivity index is 0.000000533. The average molecular weight is 540 g/mol. The normalized spacial score (nSPS) is 14.6. The Bertz CT molecular complexity index is 883. The van der Waals surface area contributed by atoms with E-state index in [1.807, 2.05) is 48.5 Å². The predicted molar refractivity (Wildman–Crippen MR) is 127 cm³/mol. The van der Waals surface area contributed by atoms with Crippen LogP contribution in [0.5, 0.6) is 23.0 Å². The minimum Gasteiger partial charge on any atom is -0.877 e. The monoisotopic (exact) mass is 539 g/mol. The number of carbonyl (C=O) groups is 1. The average Bonchev–Trinajstić information content (AvgIpc) is 2.90. The van der Waals surface area contributed by atoms with E-state index in [0.717, 1.165) is 0 Å². The SMILES string of the molecule is CCOC(=O)/C(C#N)=C\[O-].[K+].c1ccc2c(c1)OCCOCCOc1ccccc1OCCOCCO2. The molecule has 0 radical (unpaired) electrons. The van der Waals surface area contributed by atoms with Crippen molar-refractivity contribution in [3.05, 3.63) is 60.4 Å². The second kappa shape index (κ2) is 20.7. The van der Waals surface area contributed by atoms with Crippen LogP contribution in [0.4, 0.5) is 0 Å². The minimum absolute atomic E-state index is 0. The molecule has 1 heterocycles. The molecule has 0 bridgehead atoms. The summed E-state index contributed by atoms with van der Waals surface area (Å²) in [5.41, 5.74) is -0.498. The number of carbonyl (C=O) groups excluding carboxylic acids is 1. The van der Waals surface area contributed by atoms with Crippen LogP contribution in [0.2, 0.25) is 0 Å². The molecule has 0 N–H and O–H groups in total. The van der Waals surface area contributed by atoms with Crippen LogP contribution in [0.15, 0.2) is 60.4 Å². The van der Waals surface area contributed by atoms with Crippen LogP contribution in [0.3, 0.4) is 0 Å². The summed E-state index contributed by atoms with van der Waals surface area (Å²) in [4.78, 5) is 10.5. The van der Waals surface area contributed by atoms with Crippen molar-refractivity contribution in [3.63, 3.8) is 0 Å². The first-order valence-corrected chi connectivity index (χ1v) is 11.4. The van der Waals surface area contributed by atoms with Crippen LogP contribution in [-0.2, 0) is 19.0 Å². The Morgan fingerprint density at radius 2 is 1.16 bits per heavy atom. The number of hydrogen-bond donors (Lipinski definition) is 0. The molecule has 0 spiro atoms. The van der Waals surface area contributed by atoms with Gasteiger partial charge in [0.25, 0.3) is 0 Å². The fourth-order valence-corrected chi connectivity index (χ4v) is 2.75. The zero-order chi connectivity index (χ0) is 25.8. The molecule has 37 heavy (non-hydrogen) atoms. The molecule has 0 saturated heterocycles. The Kier molecular flexibility index (Phi) is 18.3. The second-order valence-electron chi connectivity index (χ2n) is 6.88. The Morgan fingerprint density at radius 3 is 1.43 bits per heavy atom. The van der Waals surface area contributed by atoms with E-state index < -0.39 is 11.5 Å². The number of ether oxygens (including phenoxy) is 7. The number of nitrogens with zero attached hydrogens (tertiary/aromatic N) is 1. The Labute approximate surface area is 259 Å². The summed E-state index contributed by atoms with van der Waals surface area (Å²) >= 11 is 0. The van der Waals surface area contributed by atoms with E-state index in [1.165, 1.54) is 6.07 Å². The van der Waals surface area contributed by atoms with Crippen molar-refractivity contribution < 1.29 is 94.4 Å². The molecule has 2 aromatic rings. The van der Waals surface area contributed by atoms with Gasteiger partial charge in [-0.15, -0.1) is 6.26 Å². The van der Waals surface area contributed by atoms with Gasteiger partial charge in [-0.05, 0) is 31.2 Å². The van der Waals surface area contributed by atoms with Crippen LogP contribution in [0.1, 0.15) is 6.92 Å². The number of hydrogen-bond acceptors (Lipinski definition) is 10. The van der Waals surface area contributed by atoms with Gasteiger partial charge in [0.2, 0.25) is 0 Å². The molecule has 1 aliphatic heterocycles. The van der Waals surface area contributed by atoms with Crippen LogP contribution in [0, 0.1) is 11.3 Å². The molecule has 0 amide bonds. The molecular weight excluding hydrogens is 509 g/mol. The molecular formula is C26H30KNO9. The molecule has 1 aliphatic rings. The number of para-hydroxylation sites is 4. The first-order valence-electron chi connectivity index (χ1n) is 11.4. The second-order valence-corrected chi connectivity index (χ2v) is 6.88. The van der Waals surface area contributed by atoms with Crippen molar-refractivity contribution in [1.82, 2.24) is 0 Å². The predicted octanol–water partition coefficient (Wildman–Crippen LogP) is -0.730. The summed E-state index contributed by atoms with van der Waals surface area (Å²) in [6.45, 7) is 5.41. The maximum atomic E-state index is 10.5. The van der Waals surface area contributed by atoms with Gasteiger partial charge in [0.1, 0.15) is 38.1 Å². The fourth-order valence-electron chi connectivity index (χ4n) is 2.75. The molecule has 0 aromatic heterocycles. The molecule has 194 valence electrons. The van der Waals surface area contributed by atoms with Crippen LogP contribution < -0.4 is 75.4 Å². The third-order valence-electron chi connectivity index (χ3n) is 4.37. The summed E-state index contributed by atoms with van der Waals surface area (Å²) in [6, 6.07) is 16.6. The van der Waals surface area contributed by atoms with Gasteiger partial charge >= 0.3 is 57.4 Å². The number of fused-ring (bicyclic) bond motifs is 2. The van der Waals surface area contributed by atoms with E-state index in [4.69, 9.17) is 33.7 Å². The number of benzene rings is 2. The number of rotatable bonds is 2. The van der Waals surface area contributed by atoms with Gasteiger partial charge in [0, 0.05) is 0 Å². The Morgan fingerprint density at radius 1 is 0.811 bits per heavy atom. The van der Waals surface area contributed by atoms with Crippen LogP contribution in [-0.4, -0.2) is 65.4 Å². The Hall–Kier alpha value is -2.30. The fraction of sp³-hybridized carbons (Fsp3) is 0.385. The topological polar surface area (TPSA) is 129 Å². The molecule has 11 heteroatoms. The van der Waals surface area contributed by atoms with Gasteiger partial charge in [-0.25, -0.2) is 4.79 Å². The van der Waals surface area contributed by atoms with Crippen molar-refractivity contribution in [3.8, 4) is 29.1 Å². The van der Waals surface area contributed by atoms with Gasteiger partial charge in [-0.1, -0.05) is 24.3 Å². The van der Waals surface area contributed by atoms with Crippen LogP contribution >= 0.6 is 0 Å². The summed E-state index contributed by atoms with van der Waals surface area (Å²) < 4.78 is 38.4. The zero-order valence-corrected chi connectivity index (χ0v) is 24.3. The van der Waals surface area contributed by atoms with Crippen molar-refractivity contribution >= 4 is 5.97 Å². The smallest absolute Gasteiger partial charge is 0.877 e. The van der Waals surface area contributed by atoms with E-state index in [1.54, 1.807) is 6.92 Å². The van der Waals surface area contributed by atoms with Crippen molar-refractivity contribution in [2.75, 3.05) is 59.5 Å². The summed E-state index contributed by atoms with van der Waals surface area (Å²) in [7, 11) is 0. The van der Waals surface area contributed by atoms with E-state index >= 15 is 0 Å². The largest absolute Gasteiger partial charge is 1.00 e. The molecule has 0 saturated carbocycles. The van der Waals surface area contributed by atoms with Gasteiger partial charge in [-0.3, -0.25) is 0 Å². The van der Waals surface area contributed by atoms with Gasteiger partial charge in [0.05, 0.1) is 33.0 Å². The minimum atomic E-state index is -0.861. The third kappa shape index (κ3) is 13.2. The van der Waals surface area contributed by atoms with Gasteiger partial charge in [-0.2, -0.15) is 5.26 Å². The molecule has 3 rings (SSSR count). The van der Waals surface area contributed by atoms with E-state index in [-0.39, 0.29) is 64.3 Å². The standard InChI is InChI=1S/C20H24O6.C6H7NO3.K/c1-2-6-18-17(5-1)23-13-9-21-11-15-25-19-7-3-4-8-20(19)26-16-12-22-10-14-24-18;1-2-10-6(9)5(3-7)4-8;/h1-8H,9-16H2;4,8H,2H2,1H3;/q;;+1/p-1/b;5-4-;. The van der Waals surface area contributed by atoms with Crippen molar-refractivity contribution in [2.45, 2.75) is 6.92 Å². The molecule has 0 fully saturated rings. The maximum Gasteiger partial charge on any atom is 1.00 e. The summed E-state index contributed by atoms with van der Waals surface area (Å²) in [6.07, 6.45) is 0.179. The summed E-state index contributed by atoms with van der Waals surface area (Å²) in [5.74, 6) is 1.94. The van der Waals surface area contributed by atoms with Crippen LogP contribution in [0.25, 0.3) is 0 Å². The van der Waals surface area contributed by atoms with Gasteiger partial charge in [0.15, 0.2) is 23.0 Å². The first kappa shape index (κ1) is 32.7. The zero-order valence-electron chi connectivity index (χ0n) is 21.2. The van der Waals surface area contributed by atoms with E-state index in [9.17, 15) is 9.90 Å². The molecule has 0 atom stereocenters. The number of nitriles is 1. The van der Waals surface area contributed by atoms with Gasteiger partial charge < -0.3 is 38.3 Å². The molecule has 0 aliphatic carbocycles. The first-order chi connectivity index (χ1) is 17.7. The van der Waals surface area contributed by atoms with Crippen molar-refractivity contribution in [1.29, 1.82) is 5.26 Å². The van der Waals surface area contributed by atoms with E-state index in [2.05, 4.69) is 4.74 Å². The maximum absolute atomic E-state index is 10.5. The van der Waals surface area contributed by atoms with E-state index in [0.29, 0.717) is 75.9 Å². The van der Waals surface area contributed by atoms with Crippen molar-refractivity contribution in [2.24, 2.45) is 0 Å². The molecule has 0 unspecified atom stereocenters. The quantitative estimate of drug-likeness (QED) is 0.158.